The monoisotopic (exact) mass is 241 g/mol. The Morgan fingerprint density at radius 3 is 2.47 bits per heavy atom. The van der Waals surface area contributed by atoms with E-state index in [1.54, 1.807) is 0 Å². The maximum Gasteiger partial charge on any atom is 0.307 e. The molecule has 1 N–H and O–H groups in total. The van der Waals surface area contributed by atoms with Gasteiger partial charge in [-0.25, -0.2) is 0 Å². The number of esters is 1. The van der Waals surface area contributed by atoms with Gasteiger partial charge in [-0.1, -0.05) is 26.7 Å². The van der Waals surface area contributed by atoms with E-state index < -0.39 is 0 Å². The predicted molar refractivity (Wildman–Crippen MR) is 69.8 cm³/mol. The van der Waals surface area contributed by atoms with Crippen LogP contribution in [0.5, 0.6) is 0 Å². The van der Waals surface area contributed by atoms with Gasteiger partial charge in [0.05, 0.1) is 13.0 Å². The molecular weight excluding hydrogens is 214 g/mol. The van der Waals surface area contributed by atoms with Crippen LogP contribution in [0.2, 0.25) is 0 Å². The molecule has 1 atom stereocenters. The largest absolute Gasteiger partial charge is 0.466 e. The zero-order valence-corrected chi connectivity index (χ0v) is 11.5. The topological polar surface area (TPSA) is 38.3 Å². The molecule has 0 spiro atoms. The summed E-state index contributed by atoms with van der Waals surface area (Å²) in [5, 5.41) is 3.46. The molecule has 1 rings (SSSR count). The van der Waals surface area contributed by atoms with Gasteiger partial charge in [-0.2, -0.15) is 0 Å². The number of ether oxygens (including phenoxy) is 1. The lowest BCUT2D eigenvalue weighted by Crippen LogP contribution is -2.39. The van der Waals surface area contributed by atoms with Crippen LogP contribution in [-0.4, -0.2) is 25.2 Å². The minimum atomic E-state index is -0.0583. The van der Waals surface area contributed by atoms with Gasteiger partial charge in [0, 0.05) is 6.04 Å². The summed E-state index contributed by atoms with van der Waals surface area (Å²) in [5.41, 5.74) is 0. The molecule has 1 unspecified atom stereocenters. The number of hydrogen-bond acceptors (Lipinski definition) is 3. The van der Waals surface area contributed by atoms with Crippen LogP contribution in [0.1, 0.15) is 52.9 Å². The maximum absolute atomic E-state index is 11.6. The molecule has 100 valence electrons. The molecule has 1 fully saturated rings. The summed E-state index contributed by atoms with van der Waals surface area (Å²) in [6, 6.07) is 0.312. The highest BCUT2D eigenvalue weighted by Crippen LogP contribution is 2.31. The molecule has 0 aromatic rings. The minimum Gasteiger partial charge on any atom is -0.466 e. The van der Waals surface area contributed by atoms with E-state index in [0.29, 0.717) is 25.0 Å². The number of hydrogen-bond donors (Lipinski definition) is 1. The summed E-state index contributed by atoms with van der Waals surface area (Å²) >= 11 is 0. The van der Waals surface area contributed by atoms with Gasteiger partial charge in [0.15, 0.2) is 0 Å². The highest BCUT2D eigenvalue weighted by Gasteiger charge is 2.27. The van der Waals surface area contributed by atoms with Gasteiger partial charge in [-0.3, -0.25) is 4.79 Å². The van der Waals surface area contributed by atoms with Crippen LogP contribution >= 0.6 is 0 Å². The van der Waals surface area contributed by atoms with E-state index in [-0.39, 0.29) is 5.97 Å². The van der Waals surface area contributed by atoms with E-state index in [9.17, 15) is 4.79 Å². The second-order valence-electron chi connectivity index (χ2n) is 5.19. The molecule has 0 aromatic carbocycles. The van der Waals surface area contributed by atoms with E-state index in [2.05, 4.69) is 19.2 Å². The lowest BCUT2D eigenvalue weighted by molar-refractivity contribution is -0.144. The Morgan fingerprint density at radius 1 is 1.29 bits per heavy atom. The SMILES string of the molecule is CCNC(CC(=O)OCC)C1CCC(C)CC1. The van der Waals surface area contributed by atoms with Crippen LogP contribution in [0.3, 0.4) is 0 Å². The van der Waals surface area contributed by atoms with Crippen molar-refractivity contribution in [1.82, 2.24) is 5.32 Å². The van der Waals surface area contributed by atoms with Gasteiger partial charge in [0.25, 0.3) is 0 Å². The van der Waals surface area contributed by atoms with Gasteiger partial charge in [-0.05, 0) is 38.1 Å². The van der Waals surface area contributed by atoms with E-state index in [4.69, 9.17) is 4.74 Å². The molecule has 0 aromatic heterocycles. The Morgan fingerprint density at radius 2 is 1.94 bits per heavy atom. The zero-order valence-electron chi connectivity index (χ0n) is 11.5. The highest BCUT2D eigenvalue weighted by atomic mass is 16.5. The fraction of sp³-hybridized carbons (Fsp3) is 0.929. The number of carbonyl (C=O) groups is 1. The normalized spacial score (nSPS) is 26.5. The summed E-state index contributed by atoms with van der Waals surface area (Å²) in [6.45, 7) is 7.70. The Labute approximate surface area is 105 Å². The molecule has 1 saturated carbocycles. The average molecular weight is 241 g/mol. The molecule has 3 nitrogen and oxygen atoms in total. The lowest BCUT2D eigenvalue weighted by Gasteiger charge is -2.32. The summed E-state index contributed by atoms with van der Waals surface area (Å²) in [4.78, 5) is 11.6. The third-order valence-corrected chi connectivity index (χ3v) is 3.79. The Balaban J connectivity index is 2.44. The van der Waals surface area contributed by atoms with E-state index in [1.165, 1.54) is 25.7 Å². The molecule has 0 bridgehead atoms. The van der Waals surface area contributed by atoms with Gasteiger partial charge < -0.3 is 10.1 Å². The van der Waals surface area contributed by atoms with E-state index >= 15 is 0 Å². The third-order valence-electron chi connectivity index (χ3n) is 3.79. The van der Waals surface area contributed by atoms with Crippen molar-refractivity contribution in [2.45, 2.75) is 58.9 Å². The molecule has 1 aliphatic carbocycles. The Kier molecular flexibility index (Phi) is 6.56. The Hall–Kier alpha value is -0.570. The first-order valence-corrected chi connectivity index (χ1v) is 7.06. The van der Waals surface area contributed by atoms with Crippen molar-refractivity contribution in [3.63, 3.8) is 0 Å². The van der Waals surface area contributed by atoms with Crippen molar-refractivity contribution in [2.24, 2.45) is 11.8 Å². The molecule has 0 amide bonds. The average Bonchev–Trinajstić information content (AvgIpc) is 2.30. The third kappa shape index (κ3) is 5.07. The molecule has 1 aliphatic rings. The molecule has 0 saturated heterocycles. The zero-order chi connectivity index (χ0) is 12.7. The second-order valence-corrected chi connectivity index (χ2v) is 5.19. The highest BCUT2D eigenvalue weighted by molar-refractivity contribution is 5.70. The lowest BCUT2D eigenvalue weighted by atomic mass is 9.78. The molecule has 17 heavy (non-hydrogen) atoms. The smallest absolute Gasteiger partial charge is 0.307 e. The number of nitrogens with one attached hydrogen (secondary N) is 1. The number of rotatable bonds is 6. The first kappa shape index (κ1) is 14.5. The number of carbonyl (C=O) groups excluding carboxylic acids is 1. The van der Waals surface area contributed by atoms with Crippen molar-refractivity contribution in [3.8, 4) is 0 Å². The van der Waals surface area contributed by atoms with Gasteiger partial charge in [-0.15, -0.1) is 0 Å². The van der Waals surface area contributed by atoms with Crippen LogP contribution in [0.4, 0.5) is 0 Å². The van der Waals surface area contributed by atoms with E-state index in [0.717, 1.165) is 12.5 Å². The summed E-state index contributed by atoms with van der Waals surface area (Å²) in [6.07, 6.45) is 5.63. The molecular formula is C14H27NO2. The van der Waals surface area contributed by atoms with Crippen LogP contribution in [0, 0.1) is 11.8 Å². The molecule has 0 radical (unpaired) electrons. The standard InChI is InChI=1S/C14H27NO2/c1-4-15-13(10-14(16)17-5-2)12-8-6-11(3)7-9-12/h11-13,15H,4-10H2,1-3H3. The molecule has 3 heteroatoms. The van der Waals surface area contributed by atoms with Crippen molar-refractivity contribution in [2.75, 3.05) is 13.2 Å². The van der Waals surface area contributed by atoms with Gasteiger partial charge in [0.2, 0.25) is 0 Å². The summed E-state index contributed by atoms with van der Waals surface area (Å²) in [5.74, 6) is 1.45. The minimum absolute atomic E-state index is 0.0583. The maximum atomic E-state index is 11.6. The van der Waals surface area contributed by atoms with Crippen molar-refractivity contribution < 1.29 is 9.53 Å². The second kappa shape index (κ2) is 7.70. The first-order valence-electron chi connectivity index (χ1n) is 7.06. The van der Waals surface area contributed by atoms with Crippen LogP contribution in [0.25, 0.3) is 0 Å². The Bertz CT molecular complexity index is 222. The van der Waals surface area contributed by atoms with E-state index in [1.807, 2.05) is 6.92 Å². The van der Waals surface area contributed by atoms with Crippen molar-refractivity contribution in [3.05, 3.63) is 0 Å². The first-order chi connectivity index (χ1) is 8.17. The summed E-state index contributed by atoms with van der Waals surface area (Å²) in [7, 11) is 0. The fourth-order valence-corrected chi connectivity index (χ4v) is 2.76. The fourth-order valence-electron chi connectivity index (χ4n) is 2.76. The summed E-state index contributed by atoms with van der Waals surface area (Å²) < 4.78 is 5.05. The van der Waals surface area contributed by atoms with Crippen molar-refractivity contribution >= 4 is 5.97 Å². The molecule has 0 aliphatic heterocycles. The van der Waals surface area contributed by atoms with Crippen LogP contribution in [0.15, 0.2) is 0 Å². The van der Waals surface area contributed by atoms with Crippen LogP contribution < -0.4 is 5.32 Å². The van der Waals surface area contributed by atoms with Gasteiger partial charge >= 0.3 is 5.97 Å². The van der Waals surface area contributed by atoms with Crippen molar-refractivity contribution in [1.29, 1.82) is 0 Å². The quantitative estimate of drug-likeness (QED) is 0.727. The predicted octanol–water partition coefficient (Wildman–Crippen LogP) is 2.74. The molecule has 0 heterocycles. The van der Waals surface area contributed by atoms with Crippen LogP contribution in [-0.2, 0) is 9.53 Å². The van der Waals surface area contributed by atoms with Gasteiger partial charge in [0.1, 0.15) is 0 Å².